The van der Waals surface area contributed by atoms with Crippen molar-refractivity contribution in [2.75, 3.05) is 39.4 Å². The zero-order chi connectivity index (χ0) is 13.3. The maximum absolute atomic E-state index is 11.7. The smallest absolute Gasteiger partial charge is 0.371 e. The summed E-state index contributed by atoms with van der Waals surface area (Å²) in [5, 5.41) is 2.74. The Kier molecular flexibility index (Phi) is 7.90. The molecule has 0 bridgehead atoms. The molecule has 0 fully saturated rings. The van der Waals surface area contributed by atoms with Crippen molar-refractivity contribution in [3.8, 4) is 0 Å². The summed E-state index contributed by atoms with van der Waals surface area (Å²) in [6.45, 7) is 4.02. The lowest BCUT2D eigenvalue weighted by Crippen LogP contribution is -2.39. The van der Waals surface area contributed by atoms with E-state index in [0.717, 1.165) is 0 Å². The average Bonchev–Trinajstić information content (AvgIpc) is 2.23. The molecule has 1 amide bonds. The van der Waals surface area contributed by atoms with Gasteiger partial charge in [-0.15, -0.1) is 0 Å². The molecule has 0 spiro atoms. The SMILES string of the molecule is CCN(CC)C(=O)CNCCOCC(F)(F)F. The molecule has 0 aliphatic heterocycles. The Hall–Kier alpha value is -0.820. The molecule has 0 heterocycles. The fraction of sp³-hybridized carbons (Fsp3) is 0.900. The van der Waals surface area contributed by atoms with Gasteiger partial charge < -0.3 is 15.0 Å². The number of amides is 1. The van der Waals surface area contributed by atoms with Crippen LogP contribution in [-0.2, 0) is 9.53 Å². The minimum atomic E-state index is -4.29. The summed E-state index contributed by atoms with van der Waals surface area (Å²) in [5.74, 6) is -0.0641. The fourth-order valence-electron chi connectivity index (χ4n) is 1.22. The second-order valence-electron chi connectivity index (χ2n) is 3.41. The molecule has 0 unspecified atom stereocenters. The first-order chi connectivity index (χ1) is 7.90. The van der Waals surface area contributed by atoms with Gasteiger partial charge >= 0.3 is 6.18 Å². The van der Waals surface area contributed by atoms with Gasteiger partial charge in [0.05, 0.1) is 13.2 Å². The quantitative estimate of drug-likeness (QED) is 0.659. The van der Waals surface area contributed by atoms with Crippen LogP contribution in [0.5, 0.6) is 0 Å². The number of carbonyl (C=O) groups excluding carboxylic acids is 1. The molecule has 7 heteroatoms. The van der Waals surface area contributed by atoms with Crippen molar-refractivity contribution in [3.05, 3.63) is 0 Å². The van der Waals surface area contributed by atoms with Gasteiger partial charge in [-0.3, -0.25) is 4.79 Å². The number of carbonyl (C=O) groups is 1. The van der Waals surface area contributed by atoms with E-state index < -0.39 is 12.8 Å². The first-order valence-electron chi connectivity index (χ1n) is 5.53. The number of ether oxygens (including phenoxy) is 1. The number of nitrogens with one attached hydrogen (secondary N) is 1. The Morgan fingerprint density at radius 1 is 1.29 bits per heavy atom. The highest BCUT2D eigenvalue weighted by Gasteiger charge is 2.27. The molecule has 102 valence electrons. The van der Waals surface area contributed by atoms with Crippen molar-refractivity contribution < 1.29 is 22.7 Å². The van der Waals surface area contributed by atoms with Gasteiger partial charge in [-0.1, -0.05) is 0 Å². The molecule has 0 aliphatic carbocycles. The molecule has 1 N–H and O–H groups in total. The predicted molar refractivity (Wildman–Crippen MR) is 57.7 cm³/mol. The van der Waals surface area contributed by atoms with Gasteiger partial charge in [0.2, 0.25) is 5.91 Å². The van der Waals surface area contributed by atoms with Crippen LogP contribution in [0.15, 0.2) is 0 Å². The highest BCUT2D eigenvalue weighted by molar-refractivity contribution is 5.78. The molecular formula is C10H19F3N2O2. The first-order valence-corrected chi connectivity index (χ1v) is 5.53. The van der Waals surface area contributed by atoms with Gasteiger partial charge in [0.1, 0.15) is 6.61 Å². The van der Waals surface area contributed by atoms with Gasteiger partial charge in [0.15, 0.2) is 0 Å². The Morgan fingerprint density at radius 2 is 1.88 bits per heavy atom. The topological polar surface area (TPSA) is 41.6 Å². The maximum atomic E-state index is 11.7. The van der Waals surface area contributed by atoms with Crippen LogP contribution in [0.4, 0.5) is 13.2 Å². The van der Waals surface area contributed by atoms with E-state index in [1.807, 2.05) is 13.8 Å². The van der Waals surface area contributed by atoms with Gasteiger partial charge in [0.25, 0.3) is 0 Å². The molecule has 0 atom stereocenters. The number of hydrogen-bond donors (Lipinski definition) is 1. The third-order valence-electron chi connectivity index (χ3n) is 2.08. The number of halogens is 3. The van der Waals surface area contributed by atoms with Gasteiger partial charge in [-0.2, -0.15) is 13.2 Å². The Labute approximate surface area is 99.1 Å². The second kappa shape index (κ2) is 8.30. The number of hydrogen-bond acceptors (Lipinski definition) is 3. The molecule has 0 aromatic carbocycles. The monoisotopic (exact) mass is 256 g/mol. The Morgan fingerprint density at radius 3 is 2.35 bits per heavy atom. The molecule has 0 saturated carbocycles. The van der Waals surface area contributed by atoms with Gasteiger partial charge in [-0.25, -0.2) is 0 Å². The number of alkyl halides is 3. The standard InChI is InChI=1S/C10H19F3N2O2/c1-3-15(4-2)9(16)7-14-5-6-17-8-10(11,12)13/h14H,3-8H2,1-2H3. The van der Waals surface area contributed by atoms with Crippen LogP contribution in [0.25, 0.3) is 0 Å². The van der Waals surface area contributed by atoms with Crippen LogP contribution in [0.3, 0.4) is 0 Å². The van der Waals surface area contributed by atoms with Crippen molar-refractivity contribution in [1.82, 2.24) is 10.2 Å². The van der Waals surface area contributed by atoms with E-state index >= 15 is 0 Å². The number of rotatable bonds is 8. The van der Waals surface area contributed by atoms with Crippen molar-refractivity contribution in [2.24, 2.45) is 0 Å². The van der Waals surface area contributed by atoms with Crippen LogP contribution in [0, 0.1) is 0 Å². The minimum Gasteiger partial charge on any atom is -0.371 e. The van der Waals surface area contributed by atoms with E-state index in [1.54, 1.807) is 4.90 Å². The largest absolute Gasteiger partial charge is 0.411 e. The molecule has 0 aliphatic rings. The molecule has 4 nitrogen and oxygen atoms in total. The molecule has 0 saturated heterocycles. The summed E-state index contributed by atoms with van der Waals surface area (Å²) >= 11 is 0. The zero-order valence-corrected chi connectivity index (χ0v) is 10.1. The lowest BCUT2D eigenvalue weighted by Gasteiger charge is -2.18. The van der Waals surface area contributed by atoms with Crippen molar-refractivity contribution in [1.29, 1.82) is 0 Å². The summed E-state index contributed by atoms with van der Waals surface area (Å²) in [5.41, 5.74) is 0. The normalized spacial score (nSPS) is 11.6. The zero-order valence-electron chi connectivity index (χ0n) is 10.1. The van der Waals surface area contributed by atoms with Crippen LogP contribution >= 0.6 is 0 Å². The lowest BCUT2D eigenvalue weighted by molar-refractivity contribution is -0.173. The van der Waals surface area contributed by atoms with Crippen molar-refractivity contribution in [3.63, 3.8) is 0 Å². The van der Waals surface area contributed by atoms with Crippen LogP contribution in [-0.4, -0.2) is 56.4 Å². The first kappa shape index (κ1) is 16.2. The summed E-state index contributed by atoms with van der Waals surface area (Å²) in [6.07, 6.45) is -4.29. The third kappa shape index (κ3) is 8.93. The van der Waals surface area contributed by atoms with Gasteiger partial charge in [-0.05, 0) is 13.8 Å². The fourth-order valence-corrected chi connectivity index (χ4v) is 1.22. The highest BCUT2D eigenvalue weighted by atomic mass is 19.4. The van der Waals surface area contributed by atoms with E-state index in [4.69, 9.17) is 0 Å². The Balaban J connectivity index is 3.49. The maximum Gasteiger partial charge on any atom is 0.411 e. The predicted octanol–water partition coefficient (Wildman–Crippen LogP) is 1.02. The van der Waals surface area contributed by atoms with Crippen LogP contribution in [0.1, 0.15) is 13.8 Å². The summed E-state index contributed by atoms with van der Waals surface area (Å²) in [7, 11) is 0. The molecule has 0 radical (unpaired) electrons. The molecular weight excluding hydrogens is 237 g/mol. The summed E-state index contributed by atoms with van der Waals surface area (Å²) in [6, 6.07) is 0. The minimum absolute atomic E-state index is 0.0641. The van der Waals surface area contributed by atoms with Crippen LogP contribution < -0.4 is 5.32 Å². The van der Waals surface area contributed by atoms with Gasteiger partial charge in [0, 0.05) is 19.6 Å². The van der Waals surface area contributed by atoms with Crippen LogP contribution in [0.2, 0.25) is 0 Å². The third-order valence-corrected chi connectivity index (χ3v) is 2.08. The number of likely N-dealkylation sites (N-methyl/N-ethyl adjacent to an activating group) is 1. The highest BCUT2D eigenvalue weighted by Crippen LogP contribution is 2.13. The van der Waals surface area contributed by atoms with E-state index in [-0.39, 0.29) is 25.6 Å². The molecule has 17 heavy (non-hydrogen) atoms. The second-order valence-corrected chi connectivity index (χ2v) is 3.41. The van der Waals surface area contributed by atoms with E-state index in [9.17, 15) is 18.0 Å². The van der Waals surface area contributed by atoms with E-state index in [0.29, 0.717) is 13.1 Å². The number of nitrogens with zero attached hydrogens (tertiary/aromatic N) is 1. The molecule has 0 rings (SSSR count). The molecule has 0 aromatic heterocycles. The summed E-state index contributed by atoms with van der Waals surface area (Å²) in [4.78, 5) is 13.1. The Bertz CT molecular complexity index is 218. The van der Waals surface area contributed by atoms with E-state index in [1.165, 1.54) is 0 Å². The van der Waals surface area contributed by atoms with Crippen molar-refractivity contribution in [2.45, 2.75) is 20.0 Å². The van der Waals surface area contributed by atoms with Crippen molar-refractivity contribution >= 4 is 5.91 Å². The van der Waals surface area contributed by atoms with E-state index in [2.05, 4.69) is 10.1 Å². The summed E-state index contributed by atoms with van der Waals surface area (Å²) < 4.78 is 39.4. The lowest BCUT2D eigenvalue weighted by atomic mass is 10.4. The molecule has 0 aromatic rings. The average molecular weight is 256 g/mol.